The van der Waals surface area contributed by atoms with Crippen LogP contribution in [-0.2, 0) is 11.3 Å². The van der Waals surface area contributed by atoms with Crippen LogP contribution in [0.2, 0.25) is 0 Å². The molecule has 35 heavy (non-hydrogen) atoms. The van der Waals surface area contributed by atoms with Gasteiger partial charge in [-0.3, -0.25) is 14.6 Å². The zero-order valence-electron chi connectivity index (χ0n) is 19.0. The molecule has 0 spiro atoms. The Morgan fingerprint density at radius 3 is 2.80 bits per heavy atom. The van der Waals surface area contributed by atoms with E-state index in [9.17, 15) is 14.0 Å². The second kappa shape index (κ2) is 9.79. The second-order valence-electron chi connectivity index (χ2n) is 8.77. The summed E-state index contributed by atoms with van der Waals surface area (Å²) in [5, 5.41) is 10.2. The maximum absolute atomic E-state index is 14.9. The minimum absolute atomic E-state index is 0.0305. The lowest BCUT2D eigenvalue weighted by Crippen LogP contribution is -2.49. The molecule has 0 unspecified atom stereocenters. The molecule has 1 aromatic carbocycles. The van der Waals surface area contributed by atoms with Gasteiger partial charge in [-0.25, -0.2) is 4.39 Å². The molecule has 0 bridgehead atoms. The Hall–Kier alpha value is -3.86. The maximum atomic E-state index is 14.9. The molecule has 3 heterocycles. The van der Waals surface area contributed by atoms with Crippen molar-refractivity contribution in [3.8, 4) is 17.0 Å². The number of hydrogen-bond donors (Lipinski definition) is 3. The van der Waals surface area contributed by atoms with Crippen molar-refractivity contribution < 1.29 is 18.7 Å². The summed E-state index contributed by atoms with van der Waals surface area (Å²) in [6.45, 7) is 0.439. The van der Waals surface area contributed by atoms with E-state index >= 15 is 0 Å². The average Bonchev–Trinajstić information content (AvgIpc) is 3.59. The molecule has 11 heteroatoms. The minimum atomic E-state index is -1.37. The maximum Gasteiger partial charge on any atom is 0.291 e. The van der Waals surface area contributed by atoms with Crippen LogP contribution < -0.4 is 15.8 Å². The van der Waals surface area contributed by atoms with E-state index in [1.54, 1.807) is 18.3 Å². The zero-order chi connectivity index (χ0) is 24.4. The number of carbonyl (C=O) groups is 2. The van der Waals surface area contributed by atoms with Crippen molar-refractivity contribution in [2.24, 2.45) is 11.7 Å². The van der Waals surface area contributed by atoms with Crippen LogP contribution in [0.1, 0.15) is 35.4 Å². The summed E-state index contributed by atoms with van der Waals surface area (Å²) in [5.41, 5.74) is 8.86. The van der Waals surface area contributed by atoms with Crippen LogP contribution >= 0.6 is 0 Å². The lowest BCUT2D eigenvalue weighted by molar-refractivity contribution is -0.117. The molecule has 2 aliphatic rings. The predicted octanol–water partition coefficient (Wildman–Crippen LogP) is 2.31. The number of aromatic amines is 1. The number of nitrogens with one attached hydrogen (secondary N) is 2. The highest BCUT2D eigenvalue weighted by Gasteiger charge is 2.34. The number of amides is 2. The van der Waals surface area contributed by atoms with Crippen LogP contribution in [0.4, 0.5) is 10.1 Å². The SMILES string of the molecule is NCc1cc(-c2cc(NC(=O)C3CC3)ccn2)ccc1O[C@H]1CCN(C(=O)c2nnc[nH]2)C[C@H]1F. The number of hydrogen-bond acceptors (Lipinski definition) is 7. The molecule has 2 fully saturated rings. The predicted molar refractivity (Wildman–Crippen MR) is 125 cm³/mol. The molecule has 1 saturated heterocycles. The van der Waals surface area contributed by atoms with Crippen molar-refractivity contribution in [3.05, 3.63) is 54.2 Å². The number of likely N-dealkylation sites (tertiary alicyclic amines) is 1. The first-order valence-corrected chi connectivity index (χ1v) is 11.6. The molecule has 2 amide bonds. The number of ether oxygens (including phenoxy) is 1. The van der Waals surface area contributed by atoms with Crippen LogP contribution in [0.25, 0.3) is 11.3 Å². The molecule has 182 valence electrons. The van der Waals surface area contributed by atoms with Gasteiger partial charge in [-0.05, 0) is 43.2 Å². The van der Waals surface area contributed by atoms with E-state index in [-0.39, 0.29) is 30.7 Å². The summed E-state index contributed by atoms with van der Waals surface area (Å²) in [7, 11) is 0. The van der Waals surface area contributed by atoms with Gasteiger partial charge in [-0.2, -0.15) is 0 Å². The number of piperidine rings is 1. The summed E-state index contributed by atoms with van der Waals surface area (Å²) < 4.78 is 20.9. The van der Waals surface area contributed by atoms with Gasteiger partial charge in [0.15, 0.2) is 6.17 Å². The molecular weight excluding hydrogens is 453 g/mol. The highest BCUT2D eigenvalue weighted by molar-refractivity contribution is 5.94. The van der Waals surface area contributed by atoms with E-state index in [2.05, 4.69) is 25.5 Å². The normalized spacial score (nSPS) is 19.9. The van der Waals surface area contributed by atoms with E-state index in [0.29, 0.717) is 35.7 Å². The number of aromatic nitrogens is 4. The van der Waals surface area contributed by atoms with Crippen molar-refractivity contribution in [3.63, 3.8) is 0 Å². The molecule has 0 radical (unpaired) electrons. The molecule has 1 saturated carbocycles. The fraction of sp³-hybridized carbons (Fsp3) is 0.375. The average molecular weight is 480 g/mol. The number of H-pyrrole nitrogens is 1. The van der Waals surface area contributed by atoms with Crippen LogP contribution in [0.3, 0.4) is 0 Å². The molecular formula is C24H26FN7O3. The van der Waals surface area contributed by atoms with Crippen LogP contribution in [0, 0.1) is 5.92 Å². The Labute approximate surface area is 201 Å². The molecule has 1 aliphatic carbocycles. The van der Waals surface area contributed by atoms with Crippen molar-refractivity contribution in [2.45, 2.75) is 38.1 Å². The van der Waals surface area contributed by atoms with E-state index in [0.717, 1.165) is 18.4 Å². The third kappa shape index (κ3) is 5.14. The summed E-state index contributed by atoms with van der Waals surface area (Å²) in [5.74, 6) is 0.333. The molecule has 10 nitrogen and oxygen atoms in total. The van der Waals surface area contributed by atoms with Crippen LogP contribution in [0.5, 0.6) is 5.75 Å². The highest BCUT2D eigenvalue weighted by Crippen LogP contribution is 2.32. The molecule has 3 aromatic rings. The fourth-order valence-electron chi connectivity index (χ4n) is 4.09. The summed E-state index contributed by atoms with van der Waals surface area (Å²) in [4.78, 5) is 32.9. The fourth-order valence-corrected chi connectivity index (χ4v) is 4.09. The molecule has 4 N–H and O–H groups in total. The Morgan fingerprint density at radius 1 is 1.23 bits per heavy atom. The Kier molecular flexibility index (Phi) is 6.41. The number of pyridine rings is 1. The quantitative estimate of drug-likeness (QED) is 0.472. The van der Waals surface area contributed by atoms with Crippen molar-refractivity contribution >= 4 is 17.5 Å². The minimum Gasteiger partial charge on any atom is -0.487 e. The van der Waals surface area contributed by atoms with Gasteiger partial charge in [0, 0.05) is 48.4 Å². The van der Waals surface area contributed by atoms with E-state index in [1.165, 1.54) is 11.2 Å². The standard InChI is InChI=1S/C24H26FN7O3/c25-18-12-32(24(34)22-28-13-29-31-22)8-6-21(18)35-20-4-3-15(9-16(20)11-26)19-10-17(5-7-27-19)30-23(33)14-1-2-14/h3-5,7,9-10,13-14,18,21H,1-2,6,8,11-12,26H2,(H,27,30,33)(H,28,29,31)/t18-,21+/m1/s1. The smallest absolute Gasteiger partial charge is 0.291 e. The van der Waals surface area contributed by atoms with Gasteiger partial charge >= 0.3 is 0 Å². The van der Waals surface area contributed by atoms with Gasteiger partial charge in [-0.15, -0.1) is 10.2 Å². The highest BCUT2D eigenvalue weighted by atomic mass is 19.1. The van der Waals surface area contributed by atoms with Gasteiger partial charge in [0.1, 0.15) is 18.2 Å². The molecule has 1 aliphatic heterocycles. The van der Waals surface area contributed by atoms with Crippen LogP contribution in [0.15, 0.2) is 42.9 Å². The number of alkyl halides is 1. The number of anilines is 1. The number of nitrogens with zero attached hydrogens (tertiary/aromatic N) is 4. The first kappa shape index (κ1) is 22.9. The monoisotopic (exact) mass is 479 g/mol. The number of halogens is 1. The molecule has 5 rings (SSSR count). The Morgan fingerprint density at radius 2 is 2.09 bits per heavy atom. The number of benzene rings is 1. The summed E-state index contributed by atoms with van der Waals surface area (Å²) in [6.07, 6.45) is 3.08. The lowest BCUT2D eigenvalue weighted by atomic mass is 10.0. The lowest BCUT2D eigenvalue weighted by Gasteiger charge is -2.34. The summed E-state index contributed by atoms with van der Waals surface area (Å²) in [6, 6.07) is 9.02. The van der Waals surface area contributed by atoms with Crippen molar-refractivity contribution in [1.29, 1.82) is 0 Å². The van der Waals surface area contributed by atoms with Gasteiger partial charge in [0.25, 0.3) is 5.91 Å². The first-order valence-electron chi connectivity index (χ1n) is 11.6. The second-order valence-corrected chi connectivity index (χ2v) is 8.77. The van der Waals surface area contributed by atoms with E-state index < -0.39 is 18.2 Å². The van der Waals surface area contributed by atoms with Crippen molar-refractivity contribution in [2.75, 3.05) is 18.4 Å². The Balaban J connectivity index is 1.26. The zero-order valence-corrected chi connectivity index (χ0v) is 19.0. The molecule has 2 aromatic heterocycles. The van der Waals surface area contributed by atoms with Gasteiger partial charge in [-0.1, -0.05) is 0 Å². The molecule has 2 atom stereocenters. The topological polar surface area (TPSA) is 139 Å². The van der Waals surface area contributed by atoms with Gasteiger partial charge < -0.3 is 25.7 Å². The first-order chi connectivity index (χ1) is 17.0. The van der Waals surface area contributed by atoms with E-state index in [1.807, 2.05) is 18.2 Å². The van der Waals surface area contributed by atoms with Crippen molar-refractivity contribution in [1.82, 2.24) is 25.1 Å². The summed E-state index contributed by atoms with van der Waals surface area (Å²) >= 11 is 0. The van der Waals surface area contributed by atoms with E-state index in [4.69, 9.17) is 10.5 Å². The number of rotatable bonds is 7. The van der Waals surface area contributed by atoms with Crippen LogP contribution in [-0.4, -0.2) is 62.2 Å². The third-order valence-electron chi connectivity index (χ3n) is 6.22. The Bertz CT molecular complexity index is 1220. The largest absolute Gasteiger partial charge is 0.487 e. The van der Waals surface area contributed by atoms with Gasteiger partial charge in [0.05, 0.1) is 12.2 Å². The number of carbonyl (C=O) groups excluding carboxylic acids is 2. The van der Waals surface area contributed by atoms with Gasteiger partial charge in [0.2, 0.25) is 11.7 Å². The third-order valence-corrected chi connectivity index (χ3v) is 6.22. The number of nitrogens with two attached hydrogens (primary N) is 1.